The Bertz CT molecular complexity index is 1030. The third kappa shape index (κ3) is 4.82. The van der Waals surface area contributed by atoms with E-state index in [0.717, 1.165) is 43.5 Å². The summed E-state index contributed by atoms with van der Waals surface area (Å²) in [7, 11) is 0. The lowest BCUT2D eigenvalue weighted by Crippen LogP contribution is -2.33. The molecule has 1 aliphatic rings. The van der Waals surface area contributed by atoms with Crippen LogP contribution in [0.15, 0.2) is 73.1 Å². The van der Waals surface area contributed by atoms with Crippen LogP contribution in [0, 0.1) is 22.6 Å². The van der Waals surface area contributed by atoms with Gasteiger partial charge >= 0.3 is 0 Å². The number of hydrogen-bond donors (Lipinski definition) is 1. The molecule has 3 aromatic rings. The summed E-state index contributed by atoms with van der Waals surface area (Å²) in [5.74, 6) is -0.248. The number of rotatable bonds is 7. The van der Waals surface area contributed by atoms with E-state index in [0.29, 0.717) is 5.56 Å². The van der Waals surface area contributed by atoms with Gasteiger partial charge in [-0.25, -0.2) is 4.39 Å². The Balaban J connectivity index is 1.53. The molecule has 0 aliphatic carbocycles. The minimum absolute atomic E-state index is 0.0300. The van der Waals surface area contributed by atoms with Crippen molar-refractivity contribution in [2.45, 2.75) is 25.3 Å². The van der Waals surface area contributed by atoms with Crippen LogP contribution < -0.4 is 0 Å². The highest BCUT2D eigenvalue weighted by Gasteiger charge is 2.40. The van der Waals surface area contributed by atoms with Crippen molar-refractivity contribution in [3.05, 3.63) is 101 Å². The second-order valence-electron chi connectivity index (χ2n) is 8.43. The van der Waals surface area contributed by atoms with Crippen LogP contribution in [0.25, 0.3) is 0 Å². The van der Waals surface area contributed by atoms with Gasteiger partial charge in [0.2, 0.25) is 0 Å². The molecule has 0 radical (unpaired) electrons. The molecular weight excluding hydrogens is 389 g/mol. The largest absolute Gasteiger partial charge is 0.396 e. The van der Waals surface area contributed by atoms with Crippen LogP contribution in [0.1, 0.15) is 41.1 Å². The first-order valence-electron chi connectivity index (χ1n) is 10.6. The molecule has 31 heavy (non-hydrogen) atoms. The van der Waals surface area contributed by atoms with Crippen molar-refractivity contribution in [1.82, 2.24) is 9.88 Å². The molecule has 1 aliphatic heterocycles. The van der Waals surface area contributed by atoms with E-state index in [1.54, 1.807) is 6.20 Å². The van der Waals surface area contributed by atoms with Gasteiger partial charge in [-0.1, -0.05) is 30.3 Å². The minimum atomic E-state index is -0.248. The van der Waals surface area contributed by atoms with E-state index < -0.39 is 0 Å². The molecule has 1 unspecified atom stereocenters. The number of hydrogen-bond acceptors (Lipinski definition) is 4. The summed E-state index contributed by atoms with van der Waals surface area (Å²) in [4.78, 5) is 6.67. The summed E-state index contributed by atoms with van der Waals surface area (Å²) in [6.07, 6.45) is 6.25. The van der Waals surface area contributed by atoms with Crippen molar-refractivity contribution in [3.63, 3.8) is 0 Å². The Labute approximate surface area is 182 Å². The number of nitrogens with zero attached hydrogens (tertiary/aromatic N) is 3. The molecule has 1 N–H and O–H groups in total. The van der Waals surface area contributed by atoms with Crippen LogP contribution in [-0.2, 0) is 6.42 Å². The first-order valence-corrected chi connectivity index (χ1v) is 10.6. The molecule has 0 bridgehead atoms. The number of pyridine rings is 1. The number of benzene rings is 2. The zero-order valence-electron chi connectivity index (χ0n) is 17.4. The van der Waals surface area contributed by atoms with E-state index >= 15 is 0 Å². The lowest BCUT2D eigenvalue weighted by molar-refractivity contribution is 0.114. The molecule has 158 valence electrons. The Hall–Kier alpha value is -3.07. The van der Waals surface area contributed by atoms with E-state index in [-0.39, 0.29) is 23.9 Å². The Morgan fingerprint density at radius 3 is 2.52 bits per heavy atom. The molecule has 1 fully saturated rings. The molecule has 5 heteroatoms. The molecule has 0 saturated carbocycles. The van der Waals surface area contributed by atoms with Crippen LogP contribution >= 0.6 is 0 Å². The highest BCUT2D eigenvalue weighted by Crippen LogP contribution is 2.41. The summed E-state index contributed by atoms with van der Waals surface area (Å²) >= 11 is 0. The van der Waals surface area contributed by atoms with Crippen molar-refractivity contribution < 1.29 is 9.50 Å². The molecule has 1 aromatic heterocycles. The van der Waals surface area contributed by atoms with Crippen molar-refractivity contribution >= 4 is 0 Å². The van der Waals surface area contributed by atoms with E-state index in [9.17, 15) is 9.50 Å². The predicted molar refractivity (Wildman–Crippen MR) is 118 cm³/mol. The Morgan fingerprint density at radius 1 is 1.10 bits per heavy atom. The van der Waals surface area contributed by atoms with E-state index in [1.165, 1.54) is 17.7 Å². The second kappa shape index (κ2) is 9.38. The molecule has 1 saturated heterocycles. The van der Waals surface area contributed by atoms with Gasteiger partial charge in [-0.15, -0.1) is 0 Å². The van der Waals surface area contributed by atoms with Crippen LogP contribution in [-0.4, -0.2) is 34.7 Å². The molecule has 2 aromatic carbocycles. The number of likely N-dealkylation sites (tertiary alicyclic amines) is 1. The van der Waals surface area contributed by atoms with Gasteiger partial charge in [0.25, 0.3) is 0 Å². The van der Waals surface area contributed by atoms with Gasteiger partial charge in [-0.05, 0) is 72.8 Å². The SMILES string of the molecule is N#Cc1ccc(CC[C@]2(CO)CCN(C(c3ccc(F)cc3)c3cccnc3)C2)cc1. The molecule has 0 amide bonds. The fraction of sp³-hybridized carbons (Fsp3) is 0.308. The van der Waals surface area contributed by atoms with Gasteiger partial charge in [0, 0.05) is 31.0 Å². The van der Waals surface area contributed by atoms with Crippen LogP contribution in [0.3, 0.4) is 0 Å². The fourth-order valence-corrected chi connectivity index (χ4v) is 4.55. The molecule has 4 nitrogen and oxygen atoms in total. The summed E-state index contributed by atoms with van der Waals surface area (Å²) in [5.41, 5.74) is 3.73. The van der Waals surface area contributed by atoms with Gasteiger partial charge in [-0.3, -0.25) is 9.88 Å². The van der Waals surface area contributed by atoms with Crippen molar-refractivity contribution in [3.8, 4) is 6.07 Å². The smallest absolute Gasteiger partial charge is 0.123 e. The minimum Gasteiger partial charge on any atom is -0.396 e. The van der Waals surface area contributed by atoms with Gasteiger partial charge in [-0.2, -0.15) is 5.26 Å². The average Bonchev–Trinajstić information content (AvgIpc) is 3.25. The number of aryl methyl sites for hydroxylation is 1. The fourth-order valence-electron chi connectivity index (χ4n) is 4.55. The molecule has 4 rings (SSSR count). The zero-order valence-corrected chi connectivity index (χ0v) is 17.4. The van der Waals surface area contributed by atoms with Crippen LogP contribution in [0.4, 0.5) is 4.39 Å². The highest BCUT2D eigenvalue weighted by atomic mass is 19.1. The molecule has 2 heterocycles. The van der Waals surface area contributed by atoms with Crippen LogP contribution in [0.2, 0.25) is 0 Å². The van der Waals surface area contributed by atoms with Gasteiger partial charge in [0.1, 0.15) is 5.82 Å². The van der Waals surface area contributed by atoms with Crippen molar-refractivity contribution in [2.24, 2.45) is 5.41 Å². The van der Waals surface area contributed by atoms with Gasteiger partial charge in [0.05, 0.1) is 17.7 Å². The van der Waals surface area contributed by atoms with Gasteiger partial charge in [0.15, 0.2) is 0 Å². The van der Waals surface area contributed by atoms with E-state index in [1.807, 2.05) is 48.7 Å². The number of aliphatic hydroxyl groups is 1. The lowest BCUT2D eigenvalue weighted by atomic mass is 9.82. The third-order valence-corrected chi connectivity index (χ3v) is 6.38. The quantitative estimate of drug-likeness (QED) is 0.617. The number of halogens is 1. The number of aliphatic hydroxyl groups excluding tert-OH is 1. The highest BCUT2D eigenvalue weighted by molar-refractivity contribution is 5.32. The Morgan fingerprint density at radius 2 is 1.87 bits per heavy atom. The first-order chi connectivity index (χ1) is 15.1. The summed E-state index contributed by atoms with van der Waals surface area (Å²) in [6, 6.07) is 20.4. The molecular formula is C26H26FN3O. The maximum absolute atomic E-state index is 13.5. The third-order valence-electron chi connectivity index (χ3n) is 6.38. The summed E-state index contributed by atoms with van der Waals surface area (Å²) in [5, 5.41) is 19.3. The molecule has 0 spiro atoms. The molecule has 2 atom stereocenters. The average molecular weight is 416 g/mol. The number of aromatic nitrogens is 1. The first kappa shape index (κ1) is 21.2. The maximum Gasteiger partial charge on any atom is 0.123 e. The van der Waals surface area contributed by atoms with E-state index in [4.69, 9.17) is 5.26 Å². The van der Waals surface area contributed by atoms with Crippen molar-refractivity contribution in [1.29, 1.82) is 5.26 Å². The topological polar surface area (TPSA) is 60.1 Å². The lowest BCUT2D eigenvalue weighted by Gasteiger charge is -2.32. The summed E-state index contributed by atoms with van der Waals surface area (Å²) < 4.78 is 13.5. The van der Waals surface area contributed by atoms with E-state index in [2.05, 4.69) is 22.0 Å². The Kier molecular flexibility index (Phi) is 6.41. The van der Waals surface area contributed by atoms with Gasteiger partial charge < -0.3 is 5.11 Å². The summed E-state index contributed by atoms with van der Waals surface area (Å²) in [6.45, 7) is 1.74. The van der Waals surface area contributed by atoms with Crippen molar-refractivity contribution in [2.75, 3.05) is 19.7 Å². The normalized spacial score (nSPS) is 19.8. The predicted octanol–water partition coefficient (Wildman–Crippen LogP) is 4.50. The van der Waals surface area contributed by atoms with Crippen LogP contribution in [0.5, 0.6) is 0 Å². The maximum atomic E-state index is 13.5. The number of nitriles is 1. The standard InChI is InChI=1S/C26H26FN3O/c27-24-9-7-22(8-10-24)25(23-2-1-14-29-17-23)30-15-13-26(18-30,19-31)12-11-20-3-5-21(16-28)6-4-20/h1-10,14,17,25,31H,11-13,15,18-19H2/t25?,26-/m0/s1. The second-order valence-corrected chi connectivity index (χ2v) is 8.43. The zero-order chi connectivity index (χ0) is 21.7. The monoisotopic (exact) mass is 415 g/mol.